The highest BCUT2D eigenvalue weighted by molar-refractivity contribution is 5.94. The van der Waals surface area contributed by atoms with Crippen LogP contribution in [0.1, 0.15) is 30.9 Å². The first-order valence-electron chi connectivity index (χ1n) is 14.4. The van der Waals surface area contributed by atoms with Gasteiger partial charge in [0.25, 0.3) is 0 Å². The number of anilines is 4. The highest BCUT2D eigenvalue weighted by Crippen LogP contribution is 2.34. The second kappa shape index (κ2) is 11.7. The lowest BCUT2D eigenvalue weighted by Crippen LogP contribution is -2.33. The summed E-state index contributed by atoms with van der Waals surface area (Å²) in [6, 6.07) is 17.9. The average molecular weight is 578 g/mol. The van der Waals surface area contributed by atoms with Crippen molar-refractivity contribution in [2.24, 2.45) is 0 Å². The first-order valence-corrected chi connectivity index (χ1v) is 14.4. The van der Waals surface area contributed by atoms with Crippen molar-refractivity contribution in [3.05, 3.63) is 78.2 Å². The van der Waals surface area contributed by atoms with Crippen LogP contribution >= 0.6 is 0 Å². The lowest BCUT2D eigenvalue weighted by atomic mass is 10.0. The average Bonchev–Trinajstić information content (AvgIpc) is 3.67. The summed E-state index contributed by atoms with van der Waals surface area (Å²) in [5.41, 5.74) is 6.58. The monoisotopic (exact) mass is 577 g/mol. The van der Waals surface area contributed by atoms with Gasteiger partial charge in [-0.15, -0.1) is 0 Å². The number of fused-ring (bicyclic) bond motifs is 1. The summed E-state index contributed by atoms with van der Waals surface area (Å²) < 4.78 is 7.50. The minimum atomic E-state index is -0.119. The Morgan fingerprint density at radius 1 is 1.09 bits per heavy atom. The Morgan fingerprint density at radius 2 is 1.93 bits per heavy atom. The van der Waals surface area contributed by atoms with Gasteiger partial charge in [0.2, 0.25) is 11.9 Å². The first-order chi connectivity index (χ1) is 20.8. The fourth-order valence-corrected chi connectivity index (χ4v) is 5.66. The molecule has 1 amide bonds. The molecule has 1 fully saturated rings. The molecule has 2 aromatic heterocycles. The molecule has 43 heavy (non-hydrogen) atoms. The summed E-state index contributed by atoms with van der Waals surface area (Å²) in [7, 11) is 1.67. The number of amides is 1. The fraction of sp³-hybridized carbons (Fsp3) is 0.273. The molecule has 10 heteroatoms. The SMILES string of the molecule is COc1cc(-n2cnc(Nc3nc(N4CCC[C@H]4CO)c4ccc(-c5cccc(NC(C)=O)c5)cc4n3)c2)cc(C)c1C. The molecule has 1 aliphatic heterocycles. The van der Waals surface area contributed by atoms with E-state index >= 15 is 0 Å². The molecule has 0 spiro atoms. The zero-order valence-electron chi connectivity index (χ0n) is 24.8. The molecular formula is C33H35N7O3. The molecular weight excluding hydrogens is 542 g/mol. The van der Waals surface area contributed by atoms with E-state index in [1.165, 1.54) is 6.92 Å². The summed E-state index contributed by atoms with van der Waals surface area (Å²) in [6.45, 7) is 6.46. The Morgan fingerprint density at radius 3 is 2.72 bits per heavy atom. The molecule has 0 saturated carbocycles. The number of rotatable bonds is 8. The molecule has 3 N–H and O–H groups in total. The number of nitrogens with one attached hydrogen (secondary N) is 2. The number of benzene rings is 3. The minimum Gasteiger partial charge on any atom is -0.496 e. The maximum atomic E-state index is 11.6. The predicted octanol–water partition coefficient (Wildman–Crippen LogP) is 5.77. The Balaban J connectivity index is 1.39. The Labute approximate surface area is 250 Å². The van der Waals surface area contributed by atoms with Crippen LogP contribution in [0.15, 0.2) is 67.1 Å². The van der Waals surface area contributed by atoms with Crippen LogP contribution in [-0.4, -0.2) is 56.8 Å². The van der Waals surface area contributed by atoms with Crippen LogP contribution in [0.25, 0.3) is 27.7 Å². The van der Waals surface area contributed by atoms with Crippen LogP contribution in [0.2, 0.25) is 0 Å². The van der Waals surface area contributed by atoms with Crippen LogP contribution in [0, 0.1) is 13.8 Å². The van der Waals surface area contributed by atoms with E-state index < -0.39 is 0 Å². The zero-order valence-corrected chi connectivity index (χ0v) is 24.8. The third-order valence-electron chi connectivity index (χ3n) is 8.00. The smallest absolute Gasteiger partial charge is 0.230 e. The van der Waals surface area contributed by atoms with E-state index in [0.717, 1.165) is 75.5 Å². The van der Waals surface area contributed by atoms with Crippen molar-refractivity contribution in [2.75, 3.05) is 35.8 Å². The highest BCUT2D eigenvalue weighted by atomic mass is 16.5. The quantitative estimate of drug-likeness (QED) is 0.213. The molecule has 1 atom stereocenters. The predicted molar refractivity (Wildman–Crippen MR) is 170 cm³/mol. The van der Waals surface area contributed by atoms with Crippen LogP contribution < -0.4 is 20.3 Å². The molecule has 0 unspecified atom stereocenters. The van der Waals surface area contributed by atoms with E-state index in [1.807, 2.05) is 66.2 Å². The Hall–Kier alpha value is -4.96. The maximum Gasteiger partial charge on any atom is 0.230 e. The number of aromatic nitrogens is 4. The van der Waals surface area contributed by atoms with Gasteiger partial charge in [0.15, 0.2) is 5.82 Å². The van der Waals surface area contributed by atoms with Crippen molar-refractivity contribution in [3.8, 4) is 22.6 Å². The van der Waals surface area contributed by atoms with E-state index in [0.29, 0.717) is 11.8 Å². The normalized spacial score (nSPS) is 14.7. The van der Waals surface area contributed by atoms with Crippen molar-refractivity contribution >= 4 is 40.1 Å². The number of carbonyl (C=O) groups is 1. The molecule has 1 aliphatic rings. The third kappa shape index (κ3) is 5.74. The number of nitrogens with zero attached hydrogens (tertiary/aromatic N) is 5. The standard InChI is InChI=1S/C33H35N7O3/c1-20-13-27(16-30(43-4)21(20)2)39-17-31(34-19-39)37-33-36-29-15-24(23-7-5-8-25(14-23)35-22(3)42)10-11-28(29)32(38-33)40-12-6-9-26(40)18-41/h5,7-8,10-11,13-17,19,26,41H,6,9,12,18H2,1-4H3,(H,35,42)(H,36,37,38)/t26-/m0/s1. The molecule has 6 rings (SSSR count). The number of carbonyl (C=O) groups excluding carboxylic acids is 1. The second-order valence-corrected chi connectivity index (χ2v) is 10.9. The second-order valence-electron chi connectivity index (χ2n) is 10.9. The minimum absolute atomic E-state index is 0.000992. The summed E-state index contributed by atoms with van der Waals surface area (Å²) >= 11 is 0. The fourth-order valence-electron chi connectivity index (χ4n) is 5.66. The molecule has 10 nitrogen and oxygen atoms in total. The number of aliphatic hydroxyl groups is 1. The number of aryl methyl sites for hydroxylation is 1. The van der Waals surface area contributed by atoms with Gasteiger partial charge in [0.1, 0.15) is 17.9 Å². The lowest BCUT2D eigenvalue weighted by Gasteiger charge is -2.26. The van der Waals surface area contributed by atoms with Gasteiger partial charge in [-0.05, 0) is 79.3 Å². The number of imidazole rings is 1. The molecule has 1 saturated heterocycles. The number of hydrogen-bond donors (Lipinski definition) is 3. The highest BCUT2D eigenvalue weighted by Gasteiger charge is 2.27. The molecule has 5 aromatic rings. The van der Waals surface area contributed by atoms with Gasteiger partial charge in [-0.1, -0.05) is 18.2 Å². The van der Waals surface area contributed by atoms with E-state index in [-0.39, 0.29) is 18.6 Å². The van der Waals surface area contributed by atoms with Crippen molar-refractivity contribution in [1.82, 2.24) is 19.5 Å². The first kappa shape index (κ1) is 28.2. The van der Waals surface area contributed by atoms with Crippen LogP contribution in [0.3, 0.4) is 0 Å². The summed E-state index contributed by atoms with van der Waals surface area (Å²) in [5.74, 6) is 2.50. The lowest BCUT2D eigenvalue weighted by molar-refractivity contribution is -0.114. The molecule has 220 valence electrons. The van der Waals surface area contributed by atoms with Crippen molar-refractivity contribution in [3.63, 3.8) is 0 Å². The van der Waals surface area contributed by atoms with Crippen LogP contribution in [0.5, 0.6) is 5.75 Å². The largest absolute Gasteiger partial charge is 0.496 e. The zero-order chi connectivity index (χ0) is 30.1. The van der Waals surface area contributed by atoms with Crippen LogP contribution in [0.4, 0.5) is 23.3 Å². The summed E-state index contributed by atoms with van der Waals surface area (Å²) in [6.07, 6.45) is 5.53. The number of methoxy groups -OCH3 is 1. The molecule has 0 aliphatic carbocycles. The third-order valence-corrected chi connectivity index (χ3v) is 8.00. The summed E-state index contributed by atoms with van der Waals surface area (Å²) in [4.78, 5) is 28.2. The number of hydrogen-bond acceptors (Lipinski definition) is 8. The van der Waals surface area contributed by atoms with E-state index in [1.54, 1.807) is 13.4 Å². The van der Waals surface area contributed by atoms with Gasteiger partial charge in [-0.3, -0.25) is 4.79 Å². The van der Waals surface area contributed by atoms with Gasteiger partial charge < -0.3 is 29.9 Å². The number of aliphatic hydroxyl groups excluding tert-OH is 1. The maximum absolute atomic E-state index is 11.6. The molecule has 0 radical (unpaired) electrons. The van der Waals surface area contributed by atoms with Gasteiger partial charge in [-0.25, -0.2) is 9.97 Å². The van der Waals surface area contributed by atoms with Gasteiger partial charge in [0.05, 0.1) is 37.2 Å². The number of ether oxygens (including phenoxy) is 1. The van der Waals surface area contributed by atoms with Crippen molar-refractivity contribution < 1.29 is 14.6 Å². The van der Waals surface area contributed by atoms with E-state index in [9.17, 15) is 9.90 Å². The Bertz CT molecular complexity index is 1820. The molecule has 3 heterocycles. The topological polar surface area (TPSA) is 117 Å². The molecule has 3 aromatic carbocycles. The van der Waals surface area contributed by atoms with Gasteiger partial charge in [0, 0.05) is 30.6 Å². The van der Waals surface area contributed by atoms with Gasteiger partial charge >= 0.3 is 0 Å². The van der Waals surface area contributed by atoms with Crippen molar-refractivity contribution in [2.45, 2.75) is 39.7 Å². The van der Waals surface area contributed by atoms with Crippen LogP contribution in [-0.2, 0) is 4.79 Å². The Kier molecular flexibility index (Phi) is 7.69. The molecule has 0 bridgehead atoms. The van der Waals surface area contributed by atoms with E-state index in [4.69, 9.17) is 14.7 Å². The summed E-state index contributed by atoms with van der Waals surface area (Å²) in [5, 5.41) is 17.1. The van der Waals surface area contributed by atoms with Gasteiger partial charge in [-0.2, -0.15) is 4.98 Å². The van der Waals surface area contributed by atoms with E-state index in [2.05, 4.69) is 33.5 Å². The van der Waals surface area contributed by atoms with Crippen molar-refractivity contribution in [1.29, 1.82) is 0 Å².